The van der Waals surface area contributed by atoms with Gasteiger partial charge in [-0.15, -0.1) is 16.9 Å². The first kappa shape index (κ1) is 16.4. The first-order valence-corrected chi connectivity index (χ1v) is 9.08. The molecule has 0 spiro atoms. The van der Waals surface area contributed by atoms with Gasteiger partial charge >= 0.3 is 6.01 Å². The Morgan fingerprint density at radius 3 is 2.65 bits per heavy atom. The molecule has 1 amide bonds. The van der Waals surface area contributed by atoms with E-state index in [9.17, 15) is 4.79 Å². The molecule has 0 atom stereocenters. The lowest BCUT2D eigenvalue weighted by atomic mass is 10.2. The molecule has 0 aliphatic rings. The Balaban J connectivity index is 1.50. The van der Waals surface area contributed by atoms with E-state index < -0.39 is 0 Å². The molecule has 0 aliphatic heterocycles. The summed E-state index contributed by atoms with van der Waals surface area (Å²) < 4.78 is 11.2. The number of nitrogens with zero attached hydrogens (tertiary/aromatic N) is 2. The molecule has 0 saturated carbocycles. The van der Waals surface area contributed by atoms with Gasteiger partial charge in [0, 0.05) is 15.8 Å². The van der Waals surface area contributed by atoms with Crippen molar-refractivity contribution in [2.24, 2.45) is 0 Å². The van der Waals surface area contributed by atoms with Gasteiger partial charge in [-0.25, -0.2) is 0 Å². The Kier molecular flexibility index (Phi) is 4.45. The summed E-state index contributed by atoms with van der Waals surface area (Å²) in [6, 6.07) is 16.8. The van der Waals surface area contributed by atoms with Crippen LogP contribution in [-0.4, -0.2) is 21.9 Å². The van der Waals surface area contributed by atoms with Crippen molar-refractivity contribution in [2.45, 2.75) is 11.8 Å². The molecule has 4 rings (SSSR count). The minimum absolute atomic E-state index is 0.0254. The molecule has 0 bridgehead atoms. The van der Waals surface area contributed by atoms with E-state index in [0.717, 1.165) is 21.6 Å². The largest absolute Gasteiger partial charge is 0.451 e. The summed E-state index contributed by atoms with van der Waals surface area (Å²) in [4.78, 5) is 13.4. The Hall–Kier alpha value is -3.06. The summed E-state index contributed by atoms with van der Waals surface area (Å²) >= 11 is 1.72. The van der Waals surface area contributed by atoms with Crippen molar-refractivity contribution in [3.63, 3.8) is 0 Å². The molecular formula is C19H15N3O3S. The smallest absolute Gasteiger partial charge is 0.322 e. The number of thioether (sulfide) groups is 1. The lowest BCUT2D eigenvalue weighted by molar-refractivity contribution is 0.102. The molecule has 1 N–H and O–H groups in total. The van der Waals surface area contributed by atoms with Crippen molar-refractivity contribution >= 4 is 34.7 Å². The lowest BCUT2D eigenvalue weighted by Gasteiger charge is -2.02. The average molecular weight is 365 g/mol. The summed E-state index contributed by atoms with van der Waals surface area (Å²) in [7, 11) is 0. The molecular weight excluding hydrogens is 350 g/mol. The molecule has 2 heterocycles. The minimum atomic E-state index is -0.308. The molecule has 0 saturated heterocycles. The number of carbonyl (C=O) groups is 1. The summed E-state index contributed by atoms with van der Waals surface area (Å²) in [6.45, 7) is 2.08. The van der Waals surface area contributed by atoms with E-state index in [2.05, 4.69) is 22.4 Å². The van der Waals surface area contributed by atoms with Gasteiger partial charge in [-0.05, 0) is 42.2 Å². The fourth-order valence-corrected chi connectivity index (χ4v) is 3.16. The fourth-order valence-electron chi connectivity index (χ4n) is 2.50. The lowest BCUT2D eigenvalue weighted by Crippen LogP contribution is -2.11. The van der Waals surface area contributed by atoms with Gasteiger partial charge in [0.05, 0.1) is 0 Å². The van der Waals surface area contributed by atoms with Crippen molar-refractivity contribution < 1.29 is 13.6 Å². The van der Waals surface area contributed by atoms with Gasteiger partial charge in [-0.2, -0.15) is 0 Å². The Morgan fingerprint density at radius 1 is 1.08 bits per heavy atom. The number of fused-ring (bicyclic) bond motifs is 1. The van der Waals surface area contributed by atoms with Crippen molar-refractivity contribution in [1.82, 2.24) is 10.2 Å². The van der Waals surface area contributed by atoms with Crippen LogP contribution < -0.4 is 5.32 Å². The summed E-state index contributed by atoms with van der Waals surface area (Å²) in [6.07, 6.45) is 0. The highest BCUT2D eigenvalue weighted by atomic mass is 32.2. The molecule has 0 fully saturated rings. The standard InChI is InChI=1S/C19H15N3O3S/c1-2-26-14-9-7-12(8-10-14)17(23)20-19-22-21-18(25-19)16-11-13-5-3-4-6-15(13)24-16/h3-11H,2H2,1H3,(H,20,22,23). The molecule has 0 aliphatic carbocycles. The zero-order valence-corrected chi connectivity index (χ0v) is 14.7. The SMILES string of the molecule is CCSc1ccc(C(=O)Nc2nnc(-c3cc4ccccc4o3)o2)cc1. The van der Waals surface area contributed by atoms with E-state index in [4.69, 9.17) is 8.83 Å². The zero-order valence-electron chi connectivity index (χ0n) is 13.9. The molecule has 6 nitrogen and oxygen atoms in total. The van der Waals surface area contributed by atoms with Crippen LogP contribution in [0, 0.1) is 0 Å². The third-order valence-electron chi connectivity index (χ3n) is 3.71. The summed E-state index contributed by atoms with van der Waals surface area (Å²) in [5.74, 6) is 1.35. The van der Waals surface area contributed by atoms with Gasteiger partial charge in [0.2, 0.25) is 0 Å². The van der Waals surface area contributed by atoms with Gasteiger partial charge in [0.15, 0.2) is 5.76 Å². The number of carbonyl (C=O) groups excluding carboxylic acids is 1. The average Bonchev–Trinajstić information content (AvgIpc) is 3.29. The van der Waals surface area contributed by atoms with Gasteiger partial charge in [0.25, 0.3) is 11.8 Å². The highest BCUT2D eigenvalue weighted by Gasteiger charge is 2.15. The van der Waals surface area contributed by atoms with E-state index in [-0.39, 0.29) is 17.8 Å². The van der Waals surface area contributed by atoms with Crippen LogP contribution in [0.15, 0.2) is 68.3 Å². The van der Waals surface area contributed by atoms with Crippen LogP contribution in [-0.2, 0) is 0 Å². The van der Waals surface area contributed by atoms with Crippen LogP contribution in [0.1, 0.15) is 17.3 Å². The van der Waals surface area contributed by atoms with Crippen LogP contribution in [0.4, 0.5) is 6.01 Å². The summed E-state index contributed by atoms with van der Waals surface area (Å²) in [5.41, 5.74) is 1.25. The molecule has 26 heavy (non-hydrogen) atoms. The molecule has 130 valence electrons. The predicted octanol–water partition coefficient (Wildman–Crippen LogP) is 4.85. The second-order valence-corrected chi connectivity index (χ2v) is 6.81. The van der Waals surface area contributed by atoms with Gasteiger partial charge in [-0.1, -0.05) is 30.2 Å². The number of para-hydroxylation sites is 1. The number of hydrogen-bond acceptors (Lipinski definition) is 6. The molecule has 0 unspecified atom stereocenters. The highest BCUT2D eigenvalue weighted by Crippen LogP contribution is 2.27. The van der Waals surface area contributed by atoms with Gasteiger partial charge < -0.3 is 8.83 Å². The van der Waals surface area contributed by atoms with Gasteiger partial charge in [-0.3, -0.25) is 10.1 Å². The number of nitrogens with one attached hydrogen (secondary N) is 1. The monoisotopic (exact) mass is 365 g/mol. The molecule has 7 heteroatoms. The van der Waals surface area contributed by atoms with Crippen molar-refractivity contribution in [2.75, 3.05) is 11.1 Å². The molecule has 2 aromatic heterocycles. The van der Waals surface area contributed by atoms with E-state index in [1.54, 1.807) is 23.9 Å². The maximum atomic E-state index is 12.3. The van der Waals surface area contributed by atoms with Gasteiger partial charge in [0.1, 0.15) is 5.58 Å². The molecule has 4 aromatic rings. The maximum absolute atomic E-state index is 12.3. The number of hydrogen-bond donors (Lipinski definition) is 1. The fraction of sp³-hybridized carbons (Fsp3) is 0.105. The number of rotatable bonds is 5. The van der Waals surface area contributed by atoms with Crippen molar-refractivity contribution in [3.8, 4) is 11.7 Å². The number of furan rings is 1. The second kappa shape index (κ2) is 7.05. The zero-order chi connectivity index (χ0) is 17.9. The Morgan fingerprint density at radius 2 is 1.88 bits per heavy atom. The third-order valence-corrected chi connectivity index (χ3v) is 4.60. The number of aromatic nitrogens is 2. The van der Waals surface area contributed by atoms with E-state index in [1.807, 2.05) is 42.5 Å². The van der Waals surface area contributed by atoms with Crippen molar-refractivity contribution in [3.05, 3.63) is 60.2 Å². The first-order chi connectivity index (χ1) is 12.7. The third kappa shape index (κ3) is 3.34. The van der Waals surface area contributed by atoms with E-state index >= 15 is 0 Å². The number of amides is 1. The van der Waals surface area contributed by atoms with Crippen LogP contribution in [0.5, 0.6) is 0 Å². The highest BCUT2D eigenvalue weighted by molar-refractivity contribution is 7.99. The van der Waals surface area contributed by atoms with E-state index in [0.29, 0.717) is 11.3 Å². The molecule has 2 aromatic carbocycles. The maximum Gasteiger partial charge on any atom is 0.322 e. The second-order valence-electron chi connectivity index (χ2n) is 5.47. The van der Waals surface area contributed by atoms with Crippen LogP contribution in [0.2, 0.25) is 0 Å². The molecule has 0 radical (unpaired) electrons. The summed E-state index contributed by atoms with van der Waals surface area (Å²) in [5, 5.41) is 11.3. The Labute approximate surface area is 153 Å². The number of anilines is 1. The van der Waals surface area contributed by atoms with E-state index in [1.165, 1.54) is 0 Å². The topological polar surface area (TPSA) is 81.2 Å². The minimum Gasteiger partial charge on any atom is -0.451 e. The first-order valence-electron chi connectivity index (χ1n) is 8.09. The number of benzene rings is 2. The normalized spacial score (nSPS) is 11.0. The van der Waals surface area contributed by atoms with Crippen molar-refractivity contribution in [1.29, 1.82) is 0 Å². The quantitative estimate of drug-likeness (QED) is 0.509. The Bertz CT molecular complexity index is 1020. The van der Waals surface area contributed by atoms with Crippen LogP contribution in [0.25, 0.3) is 22.6 Å². The van der Waals surface area contributed by atoms with Crippen LogP contribution >= 0.6 is 11.8 Å². The predicted molar refractivity (Wildman–Crippen MR) is 100 cm³/mol. The van der Waals surface area contributed by atoms with Crippen LogP contribution in [0.3, 0.4) is 0 Å².